The van der Waals surface area contributed by atoms with E-state index in [2.05, 4.69) is 38.2 Å². The van der Waals surface area contributed by atoms with Crippen molar-refractivity contribution in [3.63, 3.8) is 0 Å². The number of rotatable bonds is 45. The summed E-state index contributed by atoms with van der Waals surface area (Å²) in [6.07, 6.45) is 43.7. The summed E-state index contributed by atoms with van der Waals surface area (Å²) in [5, 5.41) is 9.65. The van der Waals surface area contributed by atoms with Gasteiger partial charge in [0.25, 0.3) is 6.29 Å². The standard InChI is InChI=1S/C50H93NO8/c1-6-8-10-12-14-16-18-20-22-23-24-25-27-29-31-33-35-37-39-41-48(53)59-46(45-58-50(49(54)55)56-43-42-51(3,4)5)44-57-47(52)40-38-36-34-32-30-28-26-21-19-17-15-13-11-9-7-2/h14,16,20,22,46,50H,6-13,15,17-19,21,23-45H2,1-5H3/p+1/b16-14-,22-20-. The third kappa shape index (κ3) is 43.7. The molecular formula is C50H94NO8+. The predicted molar refractivity (Wildman–Crippen MR) is 244 cm³/mol. The van der Waals surface area contributed by atoms with Gasteiger partial charge >= 0.3 is 17.9 Å². The molecule has 2 atom stereocenters. The largest absolute Gasteiger partial charge is 0.477 e. The van der Waals surface area contributed by atoms with Gasteiger partial charge in [0.1, 0.15) is 13.2 Å². The molecule has 0 bridgehead atoms. The lowest BCUT2D eigenvalue weighted by atomic mass is 10.0. The first-order valence-corrected chi connectivity index (χ1v) is 24.5. The SMILES string of the molecule is CCCCC/C=C\C/C=C\CCCCCCCCCCCC(=O)OC(COC(=O)CCCCCCCCCCCCCCCCC)COC(OCC[N+](C)(C)C)C(=O)O. The van der Waals surface area contributed by atoms with E-state index in [4.69, 9.17) is 18.9 Å². The number of aliphatic carboxylic acids is 1. The second kappa shape index (κ2) is 42.5. The number of carboxylic acids is 1. The molecule has 0 rings (SSSR count). The zero-order valence-corrected chi connectivity index (χ0v) is 39.2. The number of likely N-dealkylation sites (N-methyl/N-ethyl adjacent to an activating group) is 1. The zero-order valence-electron chi connectivity index (χ0n) is 39.2. The van der Waals surface area contributed by atoms with Crippen LogP contribution in [0.1, 0.15) is 219 Å². The monoisotopic (exact) mass is 837 g/mol. The second-order valence-corrected chi connectivity index (χ2v) is 17.8. The molecule has 0 heterocycles. The van der Waals surface area contributed by atoms with Gasteiger partial charge in [0, 0.05) is 12.8 Å². The lowest BCUT2D eigenvalue weighted by Crippen LogP contribution is -2.40. The Labute approximate surface area is 363 Å². The van der Waals surface area contributed by atoms with Crippen molar-refractivity contribution in [1.82, 2.24) is 0 Å². The normalized spacial score (nSPS) is 13.0. The van der Waals surface area contributed by atoms with Crippen LogP contribution >= 0.6 is 0 Å². The number of unbranched alkanes of at least 4 members (excludes halogenated alkanes) is 26. The molecule has 0 aromatic rings. The highest BCUT2D eigenvalue weighted by atomic mass is 16.7. The molecule has 0 fully saturated rings. The Kier molecular flexibility index (Phi) is 40.9. The van der Waals surface area contributed by atoms with Gasteiger partial charge in [0.2, 0.25) is 0 Å². The number of carboxylic acid groups (broad SMARTS) is 1. The molecule has 346 valence electrons. The molecule has 59 heavy (non-hydrogen) atoms. The first kappa shape index (κ1) is 56.8. The third-order valence-corrected chi connectivity index (χ3v) is 10.7. The molecular weight excluding hydrogens is 743 g/mol. The van der Waals surface area contributed by atoms with Crippen molar-refractivity contribution in [2.45, 2.75) is 232 Å². The van der Waals surface area contributed by atoms with Crippen LogP contribution in [0.25, 0.3) is 0 Å². The Morgan fingerprint density at radius 3 is 1.37 bits per heavy atom. The fourth-order valence-corrected chi connectivity index (χ4v) is 6.87. The van der Waals surface area contributed by atoms with Gasteiger partial charge in [-0.05, 0) is 44.9 Å². The maximum Gasteiger partial charge on any atom is 0.361 e. The smallest absolute Gasteiger partial charge is 0.361 e. The molecule has 0 spiro atoms. The summed E-state index contributed by atoms with van der Waals surface area (Å²) < 4.78 is 22.8. The summed E-state index contributed by atoms with van der Waals surface area (Å²) >= 11 is 0. The summed E-state index contributed by atoms with van der Waals surface area (Å²) in [7, 11) is 5.96. The molecule has 0 radical (unpaired) electrons. The van der Waals surface area contributed by atoms with Gasteiger partial charge in [-0.15, -0.1) is 0 Å². The molecule has 0 aromatic heterocycles. The maximum atomic E-state index is 12.8. The fraction of sp³-hybridized carbons (Fsp3) is 0.860. The summed E-state index contributed by atoms with van der Waals surface area (Å²) in [5.74, 6) is -2.00. The molecule has 9 heteroatoms. The van der Waals surface area contributed by atoms with Gasteiger partial charge in [-0.25, -0.2) is 4.79 Å². The summed E-state index contributed by atoms with van der Waals surface area (Å²) in [6.45, 7) is 4.87. The van der Waals surface area contributed by atoms with E-state index in [0.29, 0.717) is 17.4 Å². The average molecular weight is 837 g/mol. The van der Waals surface area contributed by atoms with Gasteiger partial charge < -0.3 is 28.5 Å². The van der Waals surface area contributed by atoms with Crippen LogP contribution in [-0.2, 0) is 33.3 Å². The maximum absolute atomic E-state index is 12.8. The van der Waals surface area contributed by atoms with Gasteiger partial charge in [0.05, 0.1) is 34.4 Å². The predicted octanol–water partition coefficient (Wildman–Crippen LogP) is 13.2. The third-order valence-electron chi connectivity index (χ3n) is 10.7. The van der Waals surface area contributed by atoms with E-state index in [-0.39, 0.29) is 32.2 Å². The fourth-order valence-electron chi connectivity index (χ4n) is 6.87. The molecule has 2 unspecified atom stereocenters. The van der Waals surface area contributed by atoms with Crippen molar-refractivity contribution in [1.29, 1.82) is 0 Å². The number of ether oxygens (including phenoxy) is 4. The summed E-state index contributed by atoms with van der Waals surface area (Å²) in [6, 6.07) is 0. The average Bonchev–Trinajstić information content (AvgIpc) is 3.19. The molecule has 0 saturated heterocycles. The van der Waals surface area contributed by atoms with E-state index in [1.807, 2.05) is 21.1 Å². The highest BCUT2D eigenvalue weighted by molar-refractivity contribution is 5.71. The number of carbonyl (C=O) groups is 3. The number of allylic oxidation sites excluding steroid dienone is 4. The minimum Gasteiger partial charge on any atom is -0.477 e. The first-order chi connectivity index (χ1) is 28.6. The molecule has 9 nitrogen and oxygen atoms in total. The van der Waals surface area contributed by atoms with E-state index >= 15 is 0 Å². The van der Waals surface area contributed by atoms with Crippen LogP contribution in [-0.4, -0.2) is 87.4 Å². The van der Waals surface area contributed by atoms with Crippen molar-refractivity contribution >= 4 is 17.9 Å². The lowest BCUT2D eigenvalue weighted by molar-refractivity contribution is -0.870. The Bertz CT molecular complexity index is 1020. The van der Waals surface area contributed by atoms with Crippen LogP contribution in [0, 0.1) is 0 Å². The lowest BCUT2D eigenvalue weighted by Gasteiger charge is -2.25. The van der Waals surface area contributed by atoms with Gasteiger partial charge in [-0.3, -0.25) is 9.59 Å². The Morgan fingerprint density at radius 1 is 0.508 bits per heavy atom. The first-order valence-electron chi connectivity index (χ1n) is 24.5. The molecule has 0 aliphatic heterocycles. The van der Waals surface area contributed by atoms with E-state index in [0.717, 1.165) is 51.4 Å². The second-order valence-electron chi connectivity index (χ2n) is 17.8. The highest BCUT2D eigenvalue weighted by Gasteiger charge is 2.25. The van der Waals surface area contributed by atoms with Gasteiger partial charge in [-0.2, -0.15) is 0 Å². The van der Waals surface area contributed by atoms with Crippen LogP contribution in [0.3, 0.4) is 0 Å². The minimum atomic E-state index is -1.51. The number of hydrogen-bond acceptors (Lipinski definition) is 7. The van der Waals surface area contributed by atoms with Crippen molar-refractivity contribution < 1.29 is 42.9 Å². The number of hydrogen-bond donors (Lipinski definition) is 1. The van der Waals surface area contributed by atoms with E-state index in [1.165, 1.54) is 141 Å². The number of quaternary nitrogens is 1. The summed E-state index contributed by atoms with van der Waals surface area (Å²) in [4.78, 5) is 37.2. The minimum absolute atomic E-state index is 0.179. The molecule has 0 saturated carbocycles. The molecule has 1 N–H and O–H groups in total. The van der Waals surface area contributed by atoms with Crippen molar-refractivity contribution in [3.8, 4) is 0 Å². The Hall–Kier alpha value is -2.23. The van der Waals surface area contributed by atoms with Gasteiger partial charge in [0.15, 0.2) is 6.10 Å². The van der Waals surface area contributed by atoms with Crippen LogP contribution in [0.4, 0.5) is 0 Å². The molecule has 0 aromatic carbocycles. The van der Waals surface area contributed by atoms with Crippen molar-refractivity contribution in [2.24, 2.45) is 0 Å². The Morgan fingerprint density at radius 2 is 0.915 bits per heavy atom. The van der Waals surface area contributed by atoms with E-state index in [1.54, 1.807) is 0 Å². The van der Waals surface area contributed by atoms with E-state index < -0.39 is 24.3 Å². The van der Waals surface area contributed by atoms with E-state index in [9.17, 15) is 19.5 Å². The van der Waals surface area contributed by atoms with Crippen LogP contribution in [0.15, 0.2) is 24.3 Å². The van der Waals surface area contributed by atoms with Crippen molar-refractivity contribution in [2.75, 3.05) is 47.5 Å². The number of carbonyl (C=O) groups excluding carboxylic acids is 2. The highest BCUT2D eigenvalue weighted by Crippen LogP contribution is 2.16. The van der Waals surface area contributed by atoms with Crippen LogP contribution in [0.2, 0.25) is 0 Å². The van der Waals surface area contributed by atoms with Crippen LogP contribution in [0.5, 0.6) is 0 Å². The van der Waals surface area contributed by atoms with Crippen LogP contribution < -0.4 is 0 Å². The molecule has 0 aliphatic rings. The quantitative estimate of drug-likeness (QED) is 0.0212. The zero-order chi connectivity index (χ0) is 43.5. The number of esters is 2. The number of nitrogens with zero attached hydrogens (tertiary/aromatic N) is 1. The topological polar surface area (TPSA) is 108 Å². The molecule has 0 aliphatic carbocycles. The van der Waals surface area contributed by atoms with Gasteiger partial charge in [-0.1, -0.05) is 186 Å². The summed E-state index contributed by atoms with van der Waals surface area (Å²) in [5.41, 5.74) is 0. The Balaban J connectivity index is 4.36. The molecule has 0 amide bonds. The van der Waals surface area contributed by atoms with Crippen molar-refractivity contribution in [3.05, 3.63) is 24.3 Å².